The maximum Gasteiger partial charge on any atom is 0.123 e. The van der Waals surface area contributed by atoms with Gasteiger partial charge in [0.1, 0.15) is 5.82 Å². The molecule has 1 fully saturated rings. The van der Waals surface area contributed by atoms with Gasteiger partial charge in [-0.2, -0.15) is 0 Å². The molecule has 1 unspecified atom stereocenters. The predicted octanol–water partition coefficient (Wildman–Crippen LogP) is 2.91. The second-order valence-corrected chi connectivity index (χ2v) is 5.02. The van der Waals surface area contributed by atoms with Crippen LogP contribution in [0.25, 0.3) is 0 Å². The Morgan fingerprint density at radius 1 is 1.38 bits per heavy atom. The Labute approximate surface area is 96.0 Å². The molecule has 0 radical (unpaired) electrons. The van der Waals surface area contributed by atoms with Crippen molar-refractivity contribution in [3.8, 4) is 0 Å². The minimum absolute atomic E-state index is 0.0469. The van der Waals surface area contributed by atoms with E-state index >= 15 is 0 Å². The lowest BCUT2D eigenvalue weighted by Gasteiger charge is -2.34. The Morgan fingerprint density at radius 2 is 2.06 bits per heavy atom. The fourth-order valence-corrected chi connectivity index (χ4v) is 2.86. The van der Waals surface area contributed by atoms with Gasteiger partial charge in [-0.05, 0) is 36.0 Å². The lowest BCUT2D eigenvalue weighted by atomic mass is 9.77. The topological polar surface area (TPSA) is 38.0 Å². The Kier molecular flexibility index (Phi) is 3.26. The van der Waals surface area contributed by atoms with E-state index < -0.39 is 0 Å². The standard InChI is InChI=1S/C13H19FN2/c1-13(7-2-3-8-13)12(16-15)10-5-4-6-11(14)9-10/h4-6,9,12,16H,2-3,7-8,15H2,1H3. The van der Waals surface area contributed by atoms with Crippen molar-refractivity contribution in [3.63, 3.8) is 0 Å². The SMILES string of the molecule is CC1(C(NN)c2cccc(F)c2)CCCC1. The number of nitrogens with one attached hydrogen (secondary N) is 1. The molecule has 2 nitrogen and oxygen atoms in total. The highest BCUT2D eigenvalue weighted by molar-refractivity contribution is 5.22. The van der Waals surface area contributed by atoms with Gasteiger partial charge in [-0.15, -0.1) is 0 Å². The average molecular weight is 222 g/mol. The van der Waals surface area contributed by atoms with Crippen molar-refractivity contribution in [2.75, 3.05) is 0 Å². The zero-order valence-corrected chi connectivity index (χ0v) is 9.67. The first-order valence-electron chi connectivity index (χ1n) is 5.87. The minimum Gasteiger partial charge on any atom is -0.271 e. The largest absolute Gasteiger partial charge is 0.271 e. The quantitative estimate of drug-likeness (QED) is 0.609. The van der Waals surface area contributed by atoms with E-state index in [4.69, 9.17) is 5.84 Å². The second-order valence-electron chi connectivity index (χ2n) is 5.02. The maximum atomic E-state index is 13.2. The maximum absolute atomic E-state index is 13.2. The van der Waals surface area contributed by atoms with Crippen LogP contribution in [0.15, 0.2) is 24.3 Å². The molecule has 0 bridgehead atoms. The molecular weight excluding hydrogens is 203 g/mol. The molecule has 0 aromatic heterocycles. The Bertz CT molecular complexity index is 359. The Hall–Kier alpha value is -0.930. The van der Waals surface area contributed by atoms with E-state index in [0.717, 1.165) is 18.4 Å². The first-order chi connectivity index (χ1) is 7.65. The number of hydrogen-bond acceptors (Lipinski definition) is 2. The van der Waals surface area contributed by atoms with Gasteiger partial charge >= 0.3 is 0 Å². The van der Waals surface area contributed by atoms with Crippen molar-refractivity contribution in [3.05, 3.63) is 35.6 Å². The summed E-state index contributed by atoms with van der Waals surface area (Å²) < 4.78 is 13.2. The molecule has 1 atom stereocenters. The van der Waals surface area contributed by atoms with E-state index in [1.807, 2.05) is 6.07 Å². The summed E-state index contributed by atoms with van der Waals surface area (Å²) in [5.74, 6) is 5.45. The van der Waals surface area contributed by atoms with Crippen LogP contribution in [0.1, 0.15) is 44.2 Å². The van der Waals surface area contributed by atoms with Gasteiger partial charge in [0.05, 0.1) is 6.04 Å². The lowest BCUT2D eigenvalue weighted by molar-refractivity contribution is 0.224. The molecule has 0 amide bonds. The summed E-state index contributed by atoms with van der Waals surface area (Å²) in [5.41, 5.74) is 3.97. The lowest BCUT2D eigenvalue weighted by Crippen LogP contribution is -2.38. The highest BCUT2D eigenvalue weighted by Gasteiger charge is 2.37. The molecule has 0 aliphatic heterocycles. The summed E-state index contributed by atoms with van der Waals surface area (Å²) >= 11 is 0. The van der Waals surface area contributed by atoms with E-state index in [-0.39, 0.29) is 17.3 Å². The van der Waals surface area contributed by atoms with Gasteiger partial charge < -0.3 is 0 Å². The van der Waals surface area contributed by atoms with Crippen molar-refractivity contribution in [1.82, 2.24) is 5.43 Å². The molecule has 0 heterocycles. The summed E-state index contributed by atoms with van der Waals surface area (Å²) in [6, 6.07) is 6.78. The molecule has 1 aliphatic carbocycles. The summed E-state index contributed by atoms with van der Waals surface area (Å²) in [7, 11) is 0. The molecule has 1 aliphatic rings. The first kappa shape index (κ1) is 11.6. The molecule has 88 valence electrons. The van der Waals surface area contributed by atoms with Crippen LogP contribution in [-0.4, -0.2) is 0 Å². The number of hydrogen-bond donors (Lipinski definition) is 2. The van der Waals surface area contributed by atoms with Crippen molar-refractivity contribution in [1.29, 1.82) is 0 Å². The van der Waals surface area contributed by atoms with E-state index in [9.17, 15) is 4.39 Å². The van der Waals surface area contributed by atoms with Crippen molar-refractivity contribution in [2.24, 2.45) is 11.3 Å². The fraction of sp³-hybridized carbons (Fsp3) is 0.538. The molecule has 1 saturated carbocycles. The normalized spacial score (nSPS) is 20.9. The van der Waals surface area contributed by atoms with Gasteiger partial charge in [-0.25, -0.2) is 4.39 Å². The van der Waals surface area contributed by atoms with Crippen LogP contribution in [-0.2, 0) is 0 Å². The highest BCUT2D eigenvalue weighted by Crippen LogP contribution is 2.46. The third-order valence-electron chi connectivity index (χ3n) is 3.79. The third-order valence-corrected chi connectivity index (χ3v) is 3.79. The second kappa shape index (κ2) is 4.52. The highest BCUT2D eigenvalue weighted by atomic mass is 19.1. The fourth-order valence-electron chi connectivity index (χ4n) is 2.86. The molecule has 1 aromatic carbocycles. The molecular formula is C13H19FN2. The Morgan fingerprint density at radius 3 is 2.62 bits per heavy atom. The van der Waals surface area contributed by atoms with Crippen LogP contribution in [0.5, 0.6) is 0 Å². The van der Waals surface area contributed by atoms with Crippen LogP contribution in [0, 0.1) is 11.2 Å². The van der Waals surface area contributed by atoms with Gasteiger partial charge in [0.25, 0.3) is 0 Å². The molecule has 0 saturated heterocycles. The average Bonchev–Trinajstić information content (AvgIpc) is 2.67. The van der Waals surface area contributed by atoms with Crippen LogP contribution in [0.2, 0.25) is 0 Å². The summed E-state index contributed by atoms with van der Waals surface area (Å²) in [6.45, 7) is 2.23. The van der Waals surface area contributed by atoms with E-state index in [2.05, 4.69) is 12.3 Å². The first-order valence-corrected chi connectivity index (χ1v) is 5.87. The molecule has 16 heavy (non-hydrogen) atoms. The number of nitrogens with two attached hydrogens (primary N) is 1. The van der Waals surface area contributed by atoms with Gasteiger partial charge in [0.15, 0.2) is 0 Å². The van der Waals surface area contributed by atoms with Crippen LogP contribution in [0.3, 0.4) is 0 Å². The Balaban J connectivity index is 2.28. The predicted molar refractivity (Wildman–Crippen MR) is 63.0 cm³/mol. The van der Waals surface area contributed by atoms with Crippen LogP contribution in [0.4, 0.5) is 4.39 Å². The monoisotopic (exact) mass is 222 g/mol. The summed E-state index contributed by atoms with van der Waals surface area (Å²) in [4.78, 5) is 0. The summed E-state index contributed by atoms with van der Waals surface area (Å²) in [6.07, 6.45) is 4.78. The summed E-state index contributed by atoms with van der Waals surface area (Å²) in [5, 5.41) is 0. The molecule has 3 heteroatoms. The van der Waals surface area contributed by atoms with E-state index in [1.54, 1.807) is 12.1 Å². The minimum atomic E-state index is -0.195. The van der Waals surface area contributed by atoms with Gasteiger partial charge in [-0.1, -0.05) is 31.9 Å². The number of hydrazine groups is 1. The molecule has 3 N–H and O–H groups in total. The number of rotatable bonds is 3. The van der Waals surface area contributed by atoms with E-state index in [1.165, 1.54) is 18.9 Å². The molecule has 0 spiro atoms. The smallest absolute Gasteiger partial charge is 0.123 e. The van der Waals surface area contributed by atoms with Crippen molar-refractivity contribution in [2.45, 2.75) is 38.6 Å². The molecule has 1 aromatic rings. The molecule has 2 rings (SSSR count). The zero-order chi connectivity index (χ0) is 11.6. The van der Waals surface area contributed by atoms with Gasteiger partial charge in [0.2, 0.25) is 0 Å². The van der Waals surface area contributed by atoms with Crippen molar-refractivity contribution < 1.29 is 4.39 Å². The number of benzene rings is 1. The number of halogens is 1. The van der Waals surface area contributed by atoms with Crippen LogP contribution < -0.4 is 11.3 Å². The zero-order valence-electron chi connectivity index (χ0n) is 9.67. The van der Waals surface area contributed by atoms with E-state index in [0.29, 0.717) is 0 Å². The van der Waals surface area contributed by atoms with Gasteiger partial charge in [-0.3, -0.25) is 11.3 Å². The van der Waals surface area contributed by atoms with Crippen molar-refractivity contribution >= 4 is 0 Å². The van der Waals surface area contributed by atoms with Crippen LogP contribution >= 0.6 is 0 Å². The van der Waals surface area contributed by atoms with Gasteiger partial charge in [0, 0.05) is 0 Å². The third kappa shape index (κ3) is 2.11.